The van der Waals surface area contributed by atoms with Gasteiger partial charge in [-0.2, -0.15) is 4.36 Å². The Hall–Kier alpha value is -3.06. The molecule has 3 aliphatic heterocycles. The number of halogens is 1. The summed E-state index contributed by atoms with van der Waals surface area (Å²) in [7, 11) is 0.902. The molecule has 3 saturated heterocycles. The first-order valence-electron chi connectivity index (χ1n) is 12.5. The number of nitrogens with one attached hydrogen (secondary N) is 1. The molecule has 0 amide bonds. The first-order chi connectivity index (χ1) is 18.5. The van der Waals surface area contributed by atoms with E-state index in [1.807, 2.05) is 0 Å². The maximum absolute atomic E-state index is 14.3. The van der Waals surface area contributed by atoms with E-state index >= 15 is 0 Å². The minimum Gasteiger partial charge on any atom is -0.496 e. The zero-order chi connectivity index (χ0) is 26.3. The van der Waals surface area contributed by atoms with E-state index in [0.29, 0.717) is 64.3 Å². The highest BCUT2D eigenvalue weighted by Gasteiger charge is 2.49. The van der Waals surface area contributed by atoms with Crippen LogP contribution in [0.4, 0.5) is 21.6 Å². The van der Waals surface area contributed by atoms with Crippen molar-refractivity contribution in [2.24, 2.45) is 4.36 Å². The quantitative estimate of drug-likeness (QED) is 0.472. The molecule has 0 aliphatic carbocycles. The molecule has 3 aliphatic rings. The van der Waals surface area contributed by atoms with E-state index in [-0.39, 0.29) is 18.3 Å². The summed E-state index contributed by atoms with van der Waals surface area (Å²) in [5.74, 6) is 1.97. The zero-order valence-electron chi connectivity index (χ0n) is 21.1. The smallest absolute Gasteiger partial charge is 0.151 e. The molecule has 0 spiro atoms. The van der Waals surface area contributed by atoms with Gasteiger partial charge in [-0.25, -0.2) is 18.6 Å². The number of ether oxygens (including phenoxy) is 5. The molecule has 38 heavy (non-hydrogen) atoms. The molecule has 1 N–H and O–H groups in total. The van der Waals surface area contributed by atoms with Gasteiger partial charge in [-0.3, -0.25) is 0 Å². The first-order valence-corrected chi connectivity index (χ1v) is 14.4. The number of hydrogen-bond acceptors (Lipinski definition) is 10. The van der Waals surface area contributed by atoms with Crippen LogP contribution >= 0.6 is 0 Å². The van der Waals surface area contributed by atoms with E-state index in [2.05, 4.69) is 19.6 Å². The topological polar surface area (TPSA) is 113 Å². The van der Waals surface area contributed by atoms with Crippen molar-refractivity contribution in [1.82, 2.24) is 9.97 Å². The summed E-state index contributed by atoms with van der Waals surface area (Å²) >= 11 is 0. The van der Waals surface area contributed by atoms with Gasteiger partial charge in [-0.05, 0) is 31.0 Å². The van der Waals surface area contributed by atoms with Gasteiger partial charge in [-0.15, -0.1) is 0 Å². The highest BCUT2D eigenvalue weighted by molar-refractivity contribution is 7.93. The molecule has 6 rings (SSSR count). The summed E-state index contributed by atoms with van der Waals surface area (Å²) in [6.45, 7) is 0.709. The first kappa shape index (κ1) is 25.2. The fraction of sp³-hybridized carbons (Fsp3) is 0.462. The van der Waals surface area contributed by atoms with E-state index in [1.165, 1.54) is 18.5 Å². The molecule has 10 nitrogen and oxygen atoms in total. The molecular weight excluding hydrogens is 515 g/mol. The SMILES string of the molecule is COc1cc(N=S2(=O)CCCC2)cc2ncnc(Nc3ccc(F)cc3O[C@@H]3COC4C(OC)COC43)c12. The van der Waals surface area contributed by atoms with E-state index < -0.39 is 21.7 Å². The summed E-state index contributed by atoms with van der Waals surface area (Å²) in [6, 6.07) is 7.75. The van der Waals surface area contributed by atoms with Crippen LogP contribution in [0.25, 0.3) is 10.9 Å². The molecule has 12 heteroatoms. The van der Waals surface area contributed by atoms with Crippen LogP contribution in [0.1, 0.15) is 12.8 Å². The van der Waals surface area contributed by atoms with Gasteiger partial charge in [0.05, 0.1) is 52.3 Å². The Morgan fingerprint density at radius 1 is 1.03 bits per heavy atom. The van der Waals surface area contributed by atoms with Crippen molar-refractivity contribution in [3.05, 3.63) is 42.5 Å². The number of anilines is 2. The average molecular weight is 545 g/mol. The van der Waals surface area contributed by atoms with Crippen molar-refractivity contribution >= 4 is 37.8 Å². The number of rotatable bonds is 7. The summed E-state index contributed by atoms with van der Waals surface area (Å²) in [6.07, 6.45) is 2.11. The summed E-state index contributed by atoms with van der Waals surface area (Å²) in [5, 5.41) is 3.86. The van der Waals surface area contributed by atoms with Crippen LogP contribution in [0.15, 0.2) is 41.0 Å². The Bertz CT molecular complexity index is 1470. The lowest BCUT2D eigenvalue weighted by Gasteiger charge is -2.21. The molecule has 1 aromatic heterocycles. The Labute approximate surface area is 220 Å². The molecule has 202 valence electrons. The van der Waals surface area contributed by atoms with Gasteiger partial charge in [0.25, 0.3) is 0 Å². The standard InChI is InChI=1S/C26H29FN4O6S/c1-33-20-11-16(31-38(32)7-3-4-8-38)10-18-23(20)26(29-14-28-18)30-17-6-5-15(27)9-19(17)37-22-13-36-24-21(34-2)12-35-25(22)24/h5-6,9-11,14,21-22,24-25H,3-4,7-8,12-13H2,1-2H3,(H,28,29,30)/t21?,22-,24?,25?/m1/s1. The van der Waals surface area contributed by atoms with Crippen molar-refractivity contribution in [3.8, 4) is 11.5 Å². The van der Waals surface area contributed by atoms with E-state index in [0.717, 1.165) is 12.8 Å². The summed E-state index contributed by atoms with van der Waals surface area (Å²) in [4.78, 5) is 8.82. The van der Waals surface area contributed by atoms with Crippen molar-refractivity contribution in [3.63, 3.8) is 0 Å². The van der Waals surface area contributed by atoms with Gasteiger partial charge in [-0.1, -0.05) is 0 Å². The van der Waals surface area contributed by atoms with Crippen LogP contribution in [-0.4, -0.2) is 77.5 Å². The minimum atomic E-state index is -2.26. The molecule has 0 saturated carbocycles. The third-order valence-electron chi connectivity index (χ3n) is 7.10. The van der Waals surface area contributed by atoms with Gasteiger partial charge in [0.2, 0.25) is 0 Å². The Morgan fingerprint density at radius 2 is 1.79 bits per heavy atom. The zero-order valence-corrected chi connectivity index (χ0v) is 21.9. The number of fused-ring (bicyclic) bond motifs is 2. The van der Waals surface area contributed by atoms with Gasteiger partial charge in [0, 0.05) is 30.7 Å². The highest BCUT2D eigenvalue weighted by atomic mass is 32.2. The van der Waals surface area contributed by atoms with Gasteiger partial charge < -0.3 is 29.0 Å². The van der Waals surface area contributed by atoms with Crippen LogP contribution < -0.4 is 14.8 Å². The monoisotopic (exact) mass is 544 g/mol. The predicted molar refractivity (Wildman–Crippen MR) is 140 cm³/mol. The molecule has 3 aromatic rings. The molecule has 0 radical (unpaired) electrons. The molecule has 4 atom stereocenters. The Morgan fingerprint density at radius 3 is 2.55 bits per heavy atom. The van der Waals surface area contributed by atoms with Crippen LogP contribution in [0.2, 0.25) is 0 Å². The number of aromatic nitrogens is 2. The van der Waals surface area contributed by atoms with Crippen LogP contribution in [0.3, 0.4) is 0 Å². The second kappa shape index (κ2) is 10.3. The largest absolute Gasteiger partial charge is 0.496 e. The number of benzene rings is 2. The maximum Gasteiger partial charge on any atom is 0.151 e. The Balaban J connectivity index is 1.32. The van der Waals surface area contributed by atoms with Gasteiger partial charge in [0.1, 0.15) is 47.8 Å². The minimum absolute atomic E-state index is 0.165. The second-order valence-corrected chi connectivity index (χ2v) is 12.1. The highest BCUT2D eigenvalue weighted by Crippen LogP contribution is 2.39. The van der Waals surface area contributed by atoms with Crippen LogP contribution in [0.5, 0.6) is 11.5 Å². The van der Waals surface area contributed by atoms with Crippen molar-refractivity contribution < 1.29 is 32.3 Å². The van der Waals surface area contributed by atoms with Crippen LogP contribution in [0, 0.1) is 5.82 Å². The lowest BCUT2D eigenvalue weighted by Crippen LogP contribution is -2.35. The molecule has 4 heterocycles. The third-order valence-corrected chi connectivity index (χ3v) is 9.49. The normalized spacial score (nSPS) is 25.9. The van der Waals surface area contributed by atoms with Gasteiger partial charge in [0.15, 0.2) is 6.10 Å². The van der Waals surface area contributed by atoms with E-state index in [1.54, 1.807) is 32.4 Å². The second-order valence-electron chi connectivity index (χ2n) is 9.54. The molecule has 2 aromatic carbocycles. The molecular formula is C26H29FN4O6S. The van der Waals surface area contributed by atoms with E-state index in [4.69, 9.17) is 23.7 Å². The lowest BCUT2D eigenvalue weighted by molar-refractivity contribution is -0.0138. The van der Waals surface area contributed by atoms with Gasteiger partial charge >= 0.3 is 0 Å². The summed E-state index contributed by atoms with van der Waals surface area (Å²) < 4.78 is 60.8. The number of nitrogens with zero attached hydrogens (tertiary/aromatic N) is 3. The van der Waals surface area contributed by atoms with Crippen molar-refractivity contribution in [2.75, 3.05) is 44.3 Å². The molecule has 3 unspecified atom stereocenters. The number of hydrogen-bond donors (Lipinski definition) is 1. The van der Waals surface area contributed by atoms with Crippen LogP contribution in [-0.2, 0) is 23.9 Å². The molecule has 3 fully saturated rings. The number of methoxy groups -OCH3 is 2. The summed E-state index contributed by atoms with van der Waals surface area (Å²) in [5.41, 5.74) is 1.63. The average Bonchev–Trinajstić information content (AvgIpc) is 3.63. The lowest BCUT2D eigenvalue weighted by atomic mass is 10.1. The molecule has 0 bridgehead atoms. The fourth-order valence-electron chi connectivity index (χ4n) is 5.21. The fourth-order valence-corrected chi connectivity index (χ4v) is 7.40. The predicted octanol–water partition coefficient (Wildman–Crippen LogP) is 3.97. The van der Waals surface area contributed by atoms with Crippen molar-refractivity contribution in [2.45, 2.75) is 37.3 Å². The van der Waals surface area contributed by atoms with Crippen molar-refractivity contribution in [1.29, 1.82) is 0 Å². The maximum atomic E-state index is 14.3. The Kier molecular flexibility index (Phi) is 6.81. The third kappa shape index (κ3) is 4.77. The van der Waals surface area contributed by atoms with E-state index in [9.17, 15) is 8.60 Å².